The Balaban J connectivity index is 1.49. The summed E-state index contributed by atoms with van der Waals surface area (Å²) in [6.07, 6.45) is -13.1. The number of hydrogen-bond donors (Lipinski definition) is 0. The number of rotatable bonds is 5. The summed E-state index contributed by atoms with van der Waals surface area (Å²) >= 11 is 0. The fourth-order valence-corrected chi connectivity index (χ4v) is 5.30. The van der Waals surface area contributed by atoms with Gasteiger partial charge in [-0.3, -0.25) is 9.58 Å². The number of carbonyl (C=O) groups is 1. The number of carbonyl (C=O) groups excluding carboxylic acids is 1. The molecular weight excluding hydrogens is 521 g/mol. The number of aromatic nitrogens is 2. The van der Waals surface area contributed by atoms with Crippen molar-refractivity contribution in [3.05, 3.63) is 41.8 Å². The predicted octanol–water partition coefficient (Wildman–Crippen LogP) is 6.33. The lowest BCUT2D eigenvalue weighted by molar-refractivity contribution is -0.308. The van der Waals surface area contributed by atoms with Crippen molar-refractivity contribution >= 4 is 6.09 Å². The van der Waals surface area contributed by atoms with Gasteiger partial charge in [0.05, 0.1) is 5.69 Å². The molecule has 2 fully saturated rings. The summed E-state index contributed by atoms with van der Waals surface area (Å²) in [5, 5.41) is 4.62. The summed E-state index contributed by atoms with van der Waals surface area (Å²) in [6, 6.07) is 6.38. The minimum absolute atomic E-state index is 0.0354. The van der Waals surface area contributed by atoms with Gasteiger partial charge in [0.2, 0.25) is 0 Å². The molecule has 3 heterocycles. The molecule has 6 nitrogen and oxygen atoms in total. The van der Waals surface area contributed by atoms with Crippen molar-refractivity contribution in [2.45, 2.75) is 76.1 Å². The largest absolute Gasteiger partial charge is 0.434 e. The average molecular weight is 551 g/mol. The molecule has 0 unspecified atom stereocenters. The van der Waals surface area contributed by atoms with E-state index in [-0.39, 0.29) is 19.1 Å². The Labute approximate surface area is 215 Å². The first-order chi connectivity index (χ1) is 17.7. The van der Waals surface area contributed by atoms with E-state index in [4.69, 9.17) is 0 Å². The normalized spacial score (nSPS) is 18.7. The number of alkyl halides is 6. The highest BCUT2D eigenvalue weighted by molar-refractivity contribution is 5.68. The van der Waals surface area contributed by atoms with Crippen molar-refractivity contribution in [1.82, 2.24) is 19.6 Å². The van der Waals surface area contributed by atoms with Crippen LogP contribution in [0.2, 0.25) is 0 Å². The van der Waals surface area contributed by atoms with Crippen LogP contribution in [0.15, 0.2) is 30.5 Å². The minimum atomic E-state index is -5.76. The van der Waals surface area contributed by atoms with E-state index in [0.717, 1.165) is 23.3 Å². The van der Waals surface area contributed by atoms with Crippen molar-refractivity contribution < 1.29 is 40.3 Å². The number of hydrogen-bond acceptors (Lipinski definition) is 4. The number of piperidine rings is 1. The Bertz CT molecular complexity index is 1120. The topological polar surface area (TPSA) is 50.6 Å². The molecule has 13 heteroatoms. The molecule has 1 amide bonds. The molecular formula is C25H29F7N4O2. The molecule has 0 radical (unpaired) electrons. The monoisotopic (exact) mass is 550 g/mol. The fraction of sp³-hybridized carbons (Fsp3) is 0.600. The molecule has 0 N–H and O–H groups in total. The van der Waals surface area contributed by atoms with Gasteiger partial charge in [-0.05, 0) is 58.2 Å². The molecule has 2 saturated heterocycles. The molecule has 0 aliphatic carbocycles. The van der Waals surface area contributed by atoms with Crippen LogP contribution in [-0.4, -0.2) is 69.3 Å². The van der Waals surface area contributed by atoms with E-state index in [2.05, 4.69) is 14.7 Å². The van der Waals surface area contributed by atoms with Crippen molar-refractivity contribution in [3.63, 3.8) is 0 Å². The molecule has 1 spiro atoms. The van der Waals surface area contributed by atoms with Crippen LogP contribution in [0.1, 0.15) is 51.1 Å². The van der Waals surface area contributed by atoms with E-state index in [1.54, 1.807) is 22.9 Å². The van der Waals surface area contributed by atoms with E-state index >= 15 is 0 Å². The first-order valence-electron chi connectivity index (χ1n) is 12.4. The Morgan fingerprint density at radius 1 is 1.03 bits per heavy atom. The highest BCUT2D eigenvalue weighted by Crippen LogP contribution is 2.41. The second kappa shape index (κ2) is 10.4. The van der Waals surface area contributed by atoms with Crippen LogP contribution in [0.5, 0.6) is 0 Å². The summed E-state index contributed by atoms with van der Waals surface area (Å²) in [5.41, 5.74) is 1.31. The minimum Gasteiger partial charge on any atom is -0.426 e. The second-order valence-corrected chi connectivity index (χ2v) is 10.1. The summed E-state index contributed by atoms with van der Waals surface area (Å²) in [4.78, 5) is 15.3. The van der Waals surface area contributed by atoms with Gasteiger partial charge in [0.1, 0.15) is 5.82 Å². The third-order valence-corrected chi connectivity index (χ3v) is 7.33. The zero-order valence-corrected chi connectivity index (χ0v) is 20.9. The first-order valence-corrected chi connectivity index (χ1v) is 12.4. The molecule has 2 aliphatic rings. The molecule has 1 aromatic carbocycles. The van der Waals surface area contributed by atoms with Crippen LogP contribution in [0, 0.1) is 5.82 Å². The molecule has 1 aromatic heterocycles. The van der Waals surface area contributed by atoms with Crippen LogP contribution in [0.3, 0.4) is 0 Å². The number of nitrogens with zero attached hydrogens (tertiary/aromatic N) is 4. The number of likely N-dealkylation sites (tertiary alicyclic amines) is 2. The van der Waals surface area contributed by atoms with E-state index in [9.17, 15) is 35.5 Å². The van der Waals surface area contributed by atoms with Crippen LogP contribution in [0.4, 0.5) is 35.5 Å². The first kappa shape index (κ1) is 28.2. The average Bonchev–Trinajstić information content (AvgIpc) is 3.41. The summed E-state index contributed by atoms with van der Waals surface area (Å²) in [7, 11) is 0. The fourth-order valence-electron chi connectivity index (χ4n) is 5.30. The van der Waals surface area contributed by atoms with E-state index < -0.39 is 35.9 Å². The van der Waals surface area contributed by atoms with Gasteiger partial charge < -0.3 is 9.64 Å². The Kier molecular flexibility index (Phi) is 7.70. The zero-order valence-electron chi connectivity index (χ0n) is 20.9. The smallest absolute Gasteiger partial charge is 0.426 e. The van der Waals surface area contributed by atoms with Crippen molar-refractivity contribution in [2.24, 2.45) is 0 Å². The molecule has 210 valence electrons. The standard InChI is InChI=1S/C25H29F7N4O2/c1-16(2)36-15-17(20(33-36)18-6-3-4-7-19(18)26)14-35-11-5-8-23(35)9-12-34(13-10-23)22(37)38-21(24(27,28)29)25(30,31)32/h3-4,6-7,15-16,21H,5,8-14H2,1-2H3. The Morgan fingerprint density at radius 2 is 1.66 bits per heavy atom. The van der Waals surface area contributed by atoms with Crippen molar-refractivity contribution in [2.75, 3.05) is 19.6 Å². The van der Waals surface area contributed by atoms with Gasteiger partial charge >= 0.3 is 18.4 Å². The van der Waals surface area contributed by atoms with Gasteiger partial charge in [-0.2, -0.15) is 31.4 Å². The van der Waals surface area contributed by atoms with Gasteiger partial charge in [0.25, 0.3) is 6.10 Å². The van der Waals surface area contributed by atoms with Crippen molar-refractivity contribution in [3.8, 4) is 11.3 Å². The van der Waals surface area contributed by atoms with Gasteiger partial charge in [-0.25, -0.2) is 9.18 Å². The predicted molar refractivity (Wildman–Crippen MR) is 124 cm³/mol. The van der Waals surface area contributed by atoms with Crippen LogP contribution < -0.4 is 0 Å². The molecule has 38 heavy (non-hydrogen) atoms. The number of ether oxygens (including phenoxy) is 1. The lowest BCUT2D eigenvalue weighted by atomic mass is 9.85. The third kappa shape index (κ3) is 5.76. The second-order valence-electron chi connectivity index (χ2n) is 10.1. The molecule has 0 bridgehead atoms. The molecule has 2 aliphatic heterocycles. The van der Waals surface area contributed by atoms with Gasteiger partial charge in [0.15, 0.2) is 0 Å². The lowest BCUT2D eigenvalue weighted by Gasteiger charge is -2.45. The van der Waals surface area contributed by atoms with E-state index in [1.165, 1.54) is 6.07 Å². The van der Waals surface area contributed by atoms with E-state index in [1.807, 2.05) is 20.0 Å². The van der Waals surface area contributed by atoms with Gasteiger partial charge in [-0.1, -0.05) is 12.1 Å². The SMILES string of the molecule is CC(C)n1cc(CN2CCCC23CCN(C(=O)OC(C(F)(F)F)C(F)(F)F)CC3)c(-c2ccccc2F)n1. The molecule has 0 saturated carbocycles. The third-order valence-electron chi connectivity index (χ3n) is 7.33. The maximum Gasteiger partial charge on any atom is 0.434 e. The highest BCUT2D eigenvalue weighted by atomic mass is 19.4. The van der Waals surface area contributed by atoms with Crippen LogP contribution in [-0.2, 0) is 11.3 Å². The number of amides is 1. The van der Waals surface area contributed by atoms with Crippen LogP contribution >= 0.6 is 0 Å². The number of halogens is 7. The summed E-state index contributed by atoms with van der Waals surface area (Å²) in [6.45, 7) is 4.97. The molecule has 4 rings (SSSR count). The molecule has 2 aromatic rings. The van der Waals surface area contributed by atoms with Gasteiger partial charge in [0, 0.05) is 48.5 Å². The van der Waals surface area contributed by atoms with Crippen molar-refractivity contribution in [1.29, 1.82) is 0 Å². The lowest BCUT2D eigenvalue weighted by Crippen LogP contribution is -2.54. The molecule has 0 atom stereocenters. The summed E-state index contributed by atoms with van der Waals surface area (Å²) in [5.74, 6) is -0.401. The quantitative estimate of drug-likeness (QED) is 0.409. The van der Waals surface area contributed by atoms with E-state index in [0.29, 0.717) is 37.2 Å². The van der Waals surface area contributed by atoms with Gasteiger partial charge in [-0.15, -0.1) is 0 Å². The number of benzene rings is 1. The Morgan fingerprint density at radius 3 is 2.24 bits per heavy atom. The maximum atomic E-state index is 14.6. The van der Waals surface area contributed by atoms with Crippen LogP contribution in [0.25, 0.3) is 11.3 Å². The zero-order chi connectivity index (χ0) is 27.9. The summed E-state index contributed by atoms with van der Waals surface area (Å²) < 4.78 is 97.2. The highest BCUT2D eigenvalue weighted by Gasteiger charge is 2.60. The Hall–Kier alpha value is -2.83. The maximum absolute atomic E-state index is 14.6.